The van der Waals surface area contributed by atoms with Crippen LogP contribution in [-0.2, 0) is 4.79 Å². The van der Waals surface area contributed by atoms with Crippen molar-refractivity contribution in [3.05, 3.63) is 71.2 Å². The Morgan fingerprint density at radius 1 is 0.906 bits per heavy atom. The minimum atomic E-state index is -0.371. The first-order chi connectivity index (χ1) is 15.2. The number of amides is 2. The third-order valence-electron chi connectivity index (χ3n) is 5.79. The number of hydrogen-bond donors (Lipinski definition) is 1. The molecule has 0 unspecified atom stereocenters. The molecule has 1 fully saturated rings. The van der Waals surface area contributed by atoms with E-state index in [-0.39, 0.29) is 17.2 Å². The summed E-state index contributed by atoms with van der Waals surface area (Å²) in [6, 6.07) is 19.1. The number of anilines is 2. The summed E-state index contributed by atoms with van der Waals surface area (Å²) in [6.45, 7) is 8.64. The molecule has 0 radical (unpaired) electrons. The normalized spacial score (nSPS) is 14.5. The van der Waals surface area contributed by atoms with Gasteiger partial charge in [-0.1, -0.05) is 68.8 Å². The van der Waals surface area contributed by atoms with Crippen molar-refractivity contribution in [2.24, 2.45) is 5.41 Å². The van der Waals surface area contributed by atoms with Crippen LogP contribution in [0.5, 0.6) is 0 Å². The van der Waals surface area contributed by atoms with Gasteiger partial charge in [-0.05, 0) is 35.0 Å². The Balaban J connectivity index is 1.45. The second kappa shape index (κ2) is 8.83. The Morgan fingerprint density at radius 2 is 1.59 bits per heavy atom. The maximum Gasteiger partial charge on any atom is 0.256 e. The summed E-state index contributed by atoms with van der Waals surface area (Å²) in [5, 5.41) is 5.49. The van der Waals surface area contributed by atoms with Crippen molar-refractivity contribution in [1.29, 1.82) is 0 Å². The molecule has 5 nitrogen and oxygen atoms in total. The van der Waals surface area contributed by atoms with E-state index in [1.807, 2.05) is 80.3 Å². The van der Waals surface area contributed by atoms with Gasteiger partial charge in [0.2, 0.25) is 5.91 Å². The van der Waals surface area contributed by atoms with Crippen molar-refractivity contribution in [3.8, 4) is 0 Å². The van der Waals surface area contributed by atoms with Crippen LogP contribution < -0.4 is 10.2 Å². The summed E-state index contributed by atoms with van der Waals surface area (Å²) < 4.78 is 0. The Hall–Kier alpha value is -3.05. The van der Waals surface area contributed by atoms with Crippen molar-refractivity contribution < 1.29 is 9.59 Å². The fourth-order valence-electron chi connectivity index (χ4n) is 4.09. The molecule has 32 heavy (non-hydrogen) atoms. The number of benzene rings is 3. The SMILES string of the molecule is CC(C)(C)C(=O)N1CCN(c2ccc(NC(=O)c3cccc4ccccc34)cc2Cl)CC1. The highest BCUT2D eigenvalue weighted by molar-refractivity contribution is 6.33. The van der Waals surface area contributed by atoms with Crippen LogP contribution in [0.1, 0.15) is 31.1 Å². The number of fused-ring (bicyclic) bond motifs is 1. The van der Waals surface area contributed by atoms with Crippen molar-refractivity contribution in [3.63, 3.8) is 0 Å². The highest BCUT2D eigenvalue weighted by Crippen LogP contribution is 2.31. The minimum Gasteiger partial charge on any atom is -0.367 e. The van der Waals surface area contributed by atoms with Crippen LogP contribution in [0, 0.1) is 5.41 Å². The molecule has 2 amide bonds. The lowest BCUT2D eigenvalue weighted by molar-refractivity contribution is -0.139. The van der Waals surface area contributed by atoms with Crippen molar-refractivity contribution in [1.82, 2.24) is 4.90 Å². The first kappa shape index (κ1) is 22.2. The molecule has 0 aromatic heterocycles. The summed E-state index contributed by atoms with van der Waals surface area (Å²) in [7, 11) is 0. The van der Waals surface area contributed by atoms with E-state index in [9.17, 15) is 9.59 Å². The Kier molecular flexibility index (Phi) is 6.11. The molecule has 3 aromatic rings. The van der Waals surface area contributed by atoms with Gasteiger partial charge in [-0.15, -0.1) is 0 Å². The molecule has 6 heteroatoms. The monoisotopic (exact) mass is 449 g/mol. The van der Waals surface area contributed by atoms with Gasteiger partial charge in [-0.2, -0.15) is 0 Å². The van der Waals surface area contributed by atoms with Gasteiger partial charge in [-0.25, -0.2) is 0 Å². The highest BCUT2D eigenvalue weighted by atomic mass is 35.5. The summed E-state index contributed by atoms with van der Waals surface area (Å²) in [5.41, 5.74) is 1.82. The number of piperazine rings is 1. The third-order valence-corrected chi connectivity index (χ3v) is 6.09. The topological polar surface area (TPSA) is 52.7 Å². The number of hydrogen-bond acceptors (Lipinski definition) is 3. The molecule has 3 aromatic carbocycles. The predicted octanol–water partition coefficient (Wildman–Crippen LogP) is 5.44. The average Bonchev–Trinajstić information content (AvgIpc) is 2.78. The van der Waals surface area contributed by atoms with E-state index in [1.54, 1.807) is 6.07 Å². The number of carbonyl (C=O) groups is 2. The first-order valence-electron chi connectivity index (χ1n) is 10.9. The molecule has 1 N–H and O–H groups in total. The summed E-state index contributed by atoms with van der Waals surface area (Å²) in [6.07, 6.45) is 0. The third kappa shape index (κ3) is 4.58. The first-order valence-corrected chi connectivity index (χ1v) is 11.2. The van der Waals surface area contributed by atoms with Crippen molar-refractivity contribution in [2.45, 2.75) is 20.8 Å². The fraction of sp³-hybridized carbons (Fsp3) is 0.308. The zero-order chi connectivity index (χ0) is 22.9. The second-order valence-electron chi connectivity index (χ2n) is 9.18. The lowest BCUT2D eigenvalue weighted by Crippen LogP contribution is -2.51. The van der Waals surface area contributed by atoms with Crippen LogP contribution >= 0.6 is 11.6 Å². The lowest BCUT2D eigenvalue weighted by atomic mass is 9.94. The van der Waals surface area contributed by atoms with E-state index in [0.717, 1.165) is 29.5 Å². The van der Waals surface area contributed by atoms with Crippen LogP contribution in [0.3, 0.4) is 0 Å². The molecule has 0 spiro atoms. The van der Waals surface area contributed by atoms with Crippen LogP contribution in [0.2, 0.25) is 5.02 Å². The van der Waals surface area contributed by atoms with Crippen LogP contribution in [0.25, 0.3) is 10.8 Å². The molecule has 166 valence electrons. The largest absolute Gasteiger partial charge is 0.367 e. The number of halogens is 1. The zero-order valence-corrected chi connectivity index (χ0v) is 19.4. The van der Waals surface area contributed by atoms with Crippen molar-refractivity contribution >= 4 is 45.6 Å². The van der Waals surface area contributed by atoms with E-state index in [1.165, 1.54) is 0 Å². The lowest BCUT2D eigenvalue weighted by Gasteiger charge is -2.39. The van der Waals surface area contributed by atoms with Gasteiger partial charge in [0.1, 0.15) is 0 Å². The molecular formula is C26H28ClN3O2. The summed E-state index contributed by atoms with van der Waals surface area (Å²) >= 11 is 6.59. The fourth-order valence-corrected chi connectivity index (χ4v) is 4.39. The maximum atomic E-state index is 12.9. The molecule has 0 bridgehead atoms. The van der Waals surface area contributed by atoms with E-state index < -0.39 is 0 Å². The quantitative estimate of drug-likeness (QED) is 0.579. The summed E-state index contributed by atoms with van der Waals surface area (Å²) in [4.78, 5) is 29.5. The molecule has 0 atom stereocenters. The smallest absolute Gasteiger partial charge is 0.256 e. The Morgan fingerprint density at radius 3 is 2.28 bits per heavy atom. The number of rotatable bonds is 3. The number of carbonyl (C=O) groups excluding carboxylic acids is 2. The molecule has 1 heterocycles. The minimum absolute atomic E-state index is 0.167. The van der Waals surface area contributed by atoms with Gasteiger partial charge in [0.25, 0.3) is 5.91 Å². The molecule has 0 saturated carbocycles. The summed E-state index contributed by atoms with van der Waals surface area (Å²) in [5.74, 6) is 0.00895. The Labute approximate surface area is 194 Å². The van der Waals surface area contributed by atoms with Crippen LogP contribution in [-0.4, -0.2) is 42.9 Å². The Bertz CT molecular complexity index is 1160. The van der Waals surface area contributed by atoms with Gasteiger partial charge >= 0.3 is 0 Å². The van der Waals surface area contributed by atoms with E-state index in [0.29, 0.717) is 29.4 Å². The second-order valence-corrected chi connectivity index (χ2v) is 9.58. The molecule has 4 rings (SSSR count). The zero-order valence-electron chi connectivity index (χ0n) is 18.7. The number of nitrogens with zero attached hydrogens (tertiary/aromatic N) is 2. The van der Waals surface area contributed by atoms with Gasteiger partial charge in [-0.3, -0.25) is 9.59 Å². The van der Waals surface area contributed by atoms with Gasteiger partial charge in [0.15, 0.2) is 0 Å². The van der Waals surface area contributed by atoms with Gasteiger partial charge in [0.05, 0.1) is 10.7 Å². The maximum absolute atomic E-state index is 12.9. The molecular weight excluding hydrogens is 422 g/mol. The molecule has 0 aliphatic carbocycles. The average molecular weight is 450 g/mol. The van der Waals surface area contributed by atoms with E-state index >= 15 is 0 Å². The predicted molar refractivity (Wildman–Crippen MR) is 132 cm³/mol. The number of nitrogens with one attached hydrogen (secondary N) is 1. The van der Waals surface area contributed by atoms with E-state index in [2.05, 4.69) is 10.2 Å². The molecule has 1 saturated heterocycles. The van der Waals surface area contributed by atoms with Crippen LogP contribution in [0.4, 0.5) is 11.4 Å². The molecule has 1 aliphatic heterocycles. The van der Waals surface area contributed by atoms with E-state index in [4.69, 9.17) is 11.6 Å². The highest BCUT2D eigenvalue weighted by Gasteiger charge is 2.30. The van der Waals surface area contributed by atoms with Gasteiger partial charge < -0.3 is 15.1 Å². The standard InChI is InChI=1S/C26H28ClN3O2/c1-26(2,3)25(32)30-15-13-29(14-16-30)23-12-11-19(17-22(23)27)28-24(31)21-10-6-8-18-7-4-5-9-20(18)21/h4-12,17H,13-16H2,1-3H3,(H,28,31). The van der Waals surface area contributed by atoms with Crippen LogP contribution in [0.15, 0.2) is 60.7 Å². The van der Waals surface area contributed by atoms with Gasteiger partial charge in [0, 0.05) is 42.8 Å². The molecule has 1 aliphatic rings. The van der Waals surface area contributed by atoms with Crippen molar-refractivity contribution in [2.75, 3.05) is 36.4 Å².